The van der Waals surface area contributed by atoms with E-state index < -0.39 is 11.6 Å². The minimum absolute atomic E-state index is 0.239. The van der Waals surface area contributed by atoms with Crippen LogP contribution in [0, 0.1) is 17.6 Å². The van der Waals surface area contributed by atoms with Gasteiger partial charge in [0, 0.05) is 24.2 Å². The van der Waals surface area contributed by atoms with Crippen molar-refractivity contribution in [3.8, 4) is 0 Å². The zero-order chi connectivity index (χ0) is 13.8. The van der Waals surface area contributed by atoms with E-state index in [1.54, 1.807) is 0 Å². The molecule has 0 bridgehead atoms. The van der Waals surface area contributed by atoms with Gasteiger partial charge in [-0.1, -0.05) is 18.9 Å². The Labute approximate surface area is 112 Å². The quantitative estimate of drug-likeness (QED) is 0.860. The van der Waals surface area contributed by atoms with Crippen molar-refractivity contribution in [1.29, 1.82) is 0 Å². The minimum Gasteiger partial charge on any atom is -0.392 e. The van der Waals surface area contributed by atoms with Gasteiger partial charge in [0.2, 0.25) is 0 Å². The Morgan fingerprint density at radius 1 is 1.32 bits per heavy atom. The van der Waals surface area contributed by atoms with Gasteiger partial charge in [-0.25, -0.2) is 8.78 Å². The lowest BCUT2D eigenvalue weighted by atomic mass is 10.00. The second-order valence-electron chi connectivity index (χ2n) is 5.41. The van der Waals surface area contributed by atoms with Gasteiger partial charge >= 0.3 is 0 Å². The van der Waals surface area contributed by atoms with E-state index in [4.69, 9.17) is 0 Å². The predicted molar refractivity (Wildman–Crippen MR) is 70.7 cm³/mol. The van der Waals surface area contributed by atoms with Crippen LogP contribution in [0.1, 0.15) is 44.2 Å². The lowest BCUT2D eigenvalue weighted by Crippen LogP contribution is -2.33. The molecule has 2 nitrogen and oxygen atoms in total. The van der Waals surface area contributed by atoms with Crippen LogP contribution in [0.5, 0.6) is 0 Å². The first kappa shape index (κ1) is 14.4. The van der Waals surface area contributed by atoms with Crippen molar-refractivity contribution in [3.05, 3.63) is 35.4 Å². The maximum Gasteiger partial charge on any atom is 0.130 e. The van der Waals surface area contributed by atoms with Crippen LogP contribution < -0.4 is 5.32 Å². The number of halogens is 2. The largest absolute Gasteiger partial charge is 0.392 e. The molecule has 1 aliphatic carbocycles. The highest BCUT2D eigenvalue weighted by molar-refractivity contribution is 5.21. The Balaban J connectivity index is 1.88. The summed E-state index contributed by atoms with van der Waals surface area (Å²) in [5.74, 6) is -0.757. The highest BCUT2D eigenvalue weighted by Crippen LogP contribution is 2.27. The van der Waals surface area contributed by atoms with E-state index in [9.17, 15) is 13.9 Å². The highest BCUT2D eigenvalue weighted by Gasteiger charge is 2.23. The Morgan fingerprint density at radius 3 is 2.63 bits per heavy atom. The van der Waals surface area contributed by atoms with Crippen LogP contribution in [0.25, 0.3) is 0 Å². The number of rotatable bonds is 5. The van der Waals surface area contributed by atoms with Crippen LogP contribution in [0.4, 0.5) is 8.78 Å². The maximum atomic E-state index is 13.6. The standard InChI is InChI=1S/C15H21F2NO/c1-10(13-7-6-12(16)8-14(13)17)18-9-15(19)11-4-2-3-5-11/h6-8,10-11,15,18-19H,2-5,9H2,1H3. The monoisotopic (exact) mass is 269 g/mol. The van der Waals surface area contributed by atoms with Gasteiger partial charge in [0.1, 0.15) is 11.6 Å². The van der Waals surface area contributed by atoms with Gasteiger partial charge in [-0.2, -0.15) is 0 Å². The summed E-state index contributed by atoms with van der Waals surface area (Å²) < 4.78 is 26.4. The molecule has 1 fully saturated rings. The molecule has 106 valence electrons. The van der Waals surface area contributed by atoms with Crippen molar-refractivity contribution in [2.24, 2.45) is 5.92 Å². The van der Waals surface area contributed by atoms with E-state index in [2.05, 4.69) is 5.32 Å². The Hall–Kier alpha value is -1.00. The first-order valence-corrected chi connectivity index (χ1v) is 6.94. The Bertz CT molecular complexity index is 419. The average Bonchev–Trinajstić information content (AvgIpc) is 2.89. The molecular formula is C15H21F2NO. The fourth-order valence-electron chi connectivity index (χ4n) is 2.77. The number of hydrogen-bond acceptors (Lipinski definition) is 2. The molecule has 0 saturated heterocycles. The Kier molecular flexibility index (Phi) is 4.88. The number of nitrogens with one attached hydrogen (secondary N) is 1. The molecule has 0 heterocycles. The summed E-state index contributed by atoms with van der Waals surface area (Å²) >= 11 is 0. The average molecular weight is 269 g/mol. The van der Waals surface area contributed by atoms with Gasteiger partial charge < -0.3 is 10.4 Å². The minimum atomic E-state index is -0.570. The molecule has 0 amide bonds. The van der Waals surface area contributed by atoms with Crippen molar-refractivity contribution in [2.45, 2.75) is 44.8 Å². The zero-order valence-corrected chi connectivity index (χ0v) is 11.2. The van der Waals surface area contributed by atoms with E-state index in [1.165, 1.54) is 25.0 Å². The number of hydrogen-bond donors (Lipinski definition) is 2. The summed E-state index contributed by atoms with van der Waals surface area (Å²) in [6.45, 7) is 2.26. The van der Waals surface area contributed by atoms with Crippen LogP contribution >= 0.6 is 0 Å². The molecule has 2 N–H and O–H groups in total. The number of aliphatic hydroxyl groups is 1. The second-order valence-corrected chi connectivity index (χ2v) is 5.41. The van der Waals surface area contributed by atoms with Crippen molar-refractivity contribution in [3.63, 3.8) is 0 Å². The molecule has 0 aromatic heterocycles. The van der Waals surface area contributed by atoms with E-state index in [-0.39, 0.29) is 12.1 Å². The maximum absolute atomic E-state index is 13.6. The molecule has 0 spiro atoms. The third-order valence-electron chi connectivity index (χ3n) is 4.01. The molecule has 0 aliphatic heterocycles. The zero-order valence-electron chi connectivity index (χ0n) is 11.2. The number of benzene rings is 1. The third kappa shape index (κ3) is 3.74. The van der Waals surface area contributed by atoms with Crippen molar-refractivity contribution < 1.29 is 13.9 Å². The van der Waals surface area contributed by atoms with Crippen LogP contribution in [0.15, 0.2) is 18.2 Å². The first-order chi connectivity index (χ1) is 9.08. The van der Waals surface area contributed by atoms with Gasteiger partial charge in [-0.15, -0.1) is 0 Å². The van der Waals surface area contributed by atoms with E-state index >= 15 is 0 Å². The van der Waals surface area contributed by atoms with E-state index in [1.807, 2.05) is 6.92 Å². The SMILES string of the molecule is CC(NCC(O)C1CCCC1)c1ccc(F)cc1F. The molecule has 1 aromatic carbocycles. The molecule has 4 heteroatoms. The Morgan fingerprint density at radius 2 is 2.00 bits per heavy atom. The molecule has 19 heavy (non-hydrogen) atoms. The second kappa shape index (κ2) is 6.44. The summed E-state index contributed by atoms with van der Waals surface area (Å²) in [6.07, 6.45) is 4.13. The summed E-state index contributed by atoms with van der Waals surface area (Å²) in [5.41, 5.74) is 0.431. The predicted octanol–water partition coefficient (Wildman–Crippen LogP) is 3.17. The fraction of sp³-hybridized carbons (Fsp3) is 0.600. The molecule has 2 atom stereocenters. The van der Waals surface area contributed by atoms with Crippen LogP contribution in [0.3, 0.4) is 0 Å². The fourth-order valence-corrected chi connectivity index (χ4v) is 2.77. The van der Waals surface area contributed by atoms with Crippen LogP contribution in [-0.4, -0.2) is 17.8 Å². The molecule has 1 aliphatic rings. The van der Waals surface area contributed by atoms with Crippen LogP contribution in [0.2, 0.25) is 0 Å². The van der Waals surface area contributed by atoms with Gasteiger partial charge in [0.25, 0.3) is 0 Å². The molecule has 2 unspecified atom stereocenters. The molecule has 1 aromatic rings. The summed E-state index contributed by atoms with van der Waals surface area (Å²) in [5, 5.41) is 13.2. The third-order valence-corrected chi connectivity index (χ3v) is 4.01. The summed E-state index contributed by atoms with van der Waals surface area (Å²) in [6, 6.07) is 3.35. The summed E-state index contributed by atoms with van der Waals surface area (Å²) in [4.78, 5) is 0. The van der Waals surface area contributed by atoms with Gasteiger partial charge in [0.05, 0.1) is 6.10 Å². The van der Waals surface area contributed by atoms with E-state index in [0.29, 0.717) is 18.0 Å². The topological polar surface area (TPSA) is 32.3 Å². The molecule has 1 saturated carbocycles. The molecule has 0 radical (unpaired) electrons. The summed E-state index contributed by atoms with van der Waals surface area (Å²) in [7, 11) is 0. The normalized spacial score (nSPS) is 19.6. The first-order valence-electron chi connectivity index (χ1n) is 6.94. The molecule has 2 rings (SSSR count). The van der Waals surface area contributed by atoms with E-state index in [0.717, 1.165) is 18.9 Å². The lowest BCUT2D eigenvalue weighted by molar-refractivity contribution is 0.106. The van der Waals surface area contributed by atoms with Crippen molar-refractivity contribution in [1.82, 2.24) is 5.32 Å². The smallest absolute Gasteiger partial charge is 0.130 e. The van der Waals surface area contributed by atoms with Crippen molar-refractivity contribution >= 4 is 0 Å². The van der Waals surface area contributed by atoms with Gasteiger partial charge in [-0.05, 0) is 31.7 Å². The number of aliphatic hydroxyl groups excluding tert-OH is 1. The molecular weight excluding hydrogens is 248 g/mol. The van der Waals surface area contributed by atoms with Gasteiger partial charge in [-0.3, -0.25) is 0 Å². The highest BCUT2D eigenvalue weighted by atomic mass is 19.1. The van der Waals surface area contributed by atoms with Gasteiger partial charge in [0.15, 0.2) is 0 Å². The van der Waals surface area contributed by atoms with Crippen molar-refractivity contribution in [2.75, 3.05) is 6.54 Å². The lowest BCUT2D eigenvalue weighted by Gasteiger charge is -2.21. The van der Waals surface area contributed by atoms with Crippen LogP contribution in [-0.2, 0) is 0 Å².